The molecule has 0 saturated carbocycles. The van der Waals surface area contributed by atoms with Gasteiger partial charge in [0.05, 0.1) is 5.56 Å². The van der Waals surface area contributed by atoms with Gasteiger partial charge in [-0.2, -0.15) is 10.5 Å². The molecule has 1 amide bonds. The van der Waals surface area contributed by atoms with Gasteiger partial charge >= 0.3 is 0 Å². The third-order valence-electron chi connectivity index (χ3n) is 4.45. The Balaban J connectivity index is 1.80. The number of pyridine rings is 1. The fourth-order valence-corrected chi connectivity index (χ4v) is 3.84. The summed E-state index contributed by atoms with van der Waals surface area (Å²) >= 11 is 1.21. The van der Waals surface area contributed by atoms with E-state index in [-0.39, 0.29) is 35.1 Å². The molecule has 0 aliphatic rings. The average molecular weight is 431 g/mol. The van der Waals surface area contributed by atoms with Crippen LogP contribution in [0.4, 0.5) is 15.9 Å². The van der Waals surface area contributed by atoms with Gasteiger partial charge in [0.2, 0.25) is 5.91 Å². The lowest BCUT2D eigenvalue weighted by atomic mass is 9.96. The van der Waals surface area contributed by atoms with E-state index in [2.05, 4.69) is 16.4 Å². The second-order valence-electron chi connectivity index (χ2n) is 6.67. The second kappa shape index (κ2) is 9.75. The van der Waals surface area contributed by atoms with E-state index in [0.717, 1.165) is 5.56 Å². The van der Waals surface area contributed by atoms with Gasteiger partial charge in [-0.15, -0.1) is 11.8 Å². The summed E-state index contributed by atoms with van der Waals surface area (Å²) in [7, 11) is 0. The summed E-state index contributed by atoms with van der Waals surface area (Å²) < 4.78 is 13.0. The number of benzene rings is 2. The molecule has 0 spiro atoms. The van der Waals surface area contributed by atoms with Crippen LogP contribution in [0, 0.1) is 35.4 Å². The Morgan fingerprint density at radius 2 is 1.74 bits per heavy atom. The Hall–Kier alpha value is -3.88. The van der Waals surface area contributed by atoms with E-state index in [1.807, 2.05) is 37.3 Å². The highest BCUT2D eigenvalue weighted by molar-refractivity contribution is 7.99. The molecular formula is C23H18FN5OS. The lowest BCUT2D eigenvalue weighted by Crippen LogP contribution is -2.12. The van der Waals surface area contributed by atoms with E-state index < -0.39 is 0 Å². The molecule has 0 bridgehead atoms. The van der Waals surface area contributed by atoms with Crippen molar-refractivity contribution in [3.63, 3.8) is 0 Å². The van der Waals surface area contributed by atoms with Crippen LogP contribution in [0.25, 0.3) is 11.1 Å². The number of anilines is 2. The molecule has 1 aromatic heterocycles. The molecule has 1 heterocycles. The number of carbonyl (C=O) groups excluding carboxylic acids is 1. The molecule has 3 rings (SSSR count). The van der Waals surface area contributed by atoms with Crippen molar-refractivity contribution in [2.75, 3.05) is 16.8 Å². The summed E-state index contributed by atoms with van der Waals surface area (Å²) in [5.74, 6) is -0.257. The van der Waals surface area contributed by atoms with Crippen molar-refractivity contribution in [2.45, 2.75) is 18.4 Å². The topological polar surface area (TPSA) is 116 Å². The standard InChI is InChI=1S/C23H18FN5OS/c1-14-2-4-15(5-3-14)21-18(12-25)22(27)29-23(19(21)13-26)31-11-10-20(30)28-17-8-6-16(24)7-9-17/h2-9H,10-11H2,1H3,(H2,27,29)(H,28,30). The molecule has 0 fully saturated rings. The van der Waals surface area contributed by atoms with Gasteiger partial charge in [-0.05, 0) is 36.8 Å². The monoisotopic (exact) mass is 431 g/mol. The first-order valence-electron chi connectivity index (χ1n) is 9.32. The zero-order valence-electron chi connectivity index (χ0n) is 16.6. The van der Waals surface area contributed by atoms with Crippen molar-refractivity contribution in [3.05, 3.63) is 71.0 Å². The number of aryl methyl sites for hydroxylation is 1. The van der Waals surface area contributed by atoms with Crippen LogP contribution in [-0.4, -0.2) is 16.6 Å². The van der Waals surface area contributed by atoms with Crippen LogP contribution in [0.5, 0.6) is 0 Å². The number of nitrogens with one attached hydrogen (secondary N) is 1. The van der Waals surface area contributed by atoms with Gasteiger partial charge in [0.1, 0.15) is 34.4 Å². The molecule has 8 heteroatoms. The summed E-state index contributed by atoms with van der Waals surface area (Å²) in [5.41, 5.74) is 9.08. The van der Waals surface area contributed by atoms with E-state index in [1.54, 1.807) is 0 Å². The molecule has 154 valence electrons. The van der Waals surface area contributed by atoms with Crippen molar-refractivity contribution in [1.82, 2.24) is 4.98 Å². The summed E-state index contributed by atoms with van der Waals surface area (Å²) in [5, 5.41) is 22.4. The lowest BCUT2D eigenvalue weighted by molar-refractivity contribution is -0.115. The third kappa shape index (κ3) is 5.19. The van der Waals surface area contributed by atoms with E-state index in [9.17, 15) is 19.7 Å². The largest absolute Gasteiger partial charge is 0.383 e. The molecule has 3 N–H and O–H groups in total. The first kappa shape index (κ1) is 21.8. The summed E-state index contributed by atoms with van der Waals surface area (Å²) in [6.07, 6.45) is 0.147. The number of rotatable bonds is 6. The highest BCUT2D eigenvalue weighted by Gasteiger charge is 2.20. The predicted octanol–water partition coefficient (Wildman–Crippen LogP) is 4.64. The first-order chi connectivity index (χ1) is 14.9. The van der Waals surface area contributed by atoms with Crippen LogP contribution < -0.4 is 11.1 Å². The summed E-state index contributed by atoms with van der Waals surface area (Å²) in [6.45, 7) is 1.94. The maximum atomic E-state index is 13.0. The van der Waals surface area contributed by atoms with Gasteiger partial charge < -0.3 is 11.1 Å². The first-order valence-corrected chi connectivity index (χ1v) is 10.3. The van der Waals surface area contributed by atoms with Gasteiger partial charge in [0.15, 0.2) is 0 Å². The second-order valence-corrected chi connectivity index (χ2v) is 7.75. The van der Waals surface area contributed by atoms with Crippen molar-refractivity contribution in [2.24, 2.45) is 0 Å². The Bertz CT molecular complexity index is 1200. The Morgan fingerprint density at radius 3 is 2.35 bits per heavy atom. The van der Waals surface area contributed by atoms with Gasteiger partial charge in [0.25, 0.3) is 0 Å². The normalized spacial score (nSPS) is 10.2. The maximum Gasteiger partial charge on any atom is 0.225 e. The van der Waals surface area contributed by atoms with Crippen molar-refractivity contribution in [3.8, 4) is 23.3 Å². The zero-order chi connectivity index (χ0) is 22.4. The number of thioether (sulfide) groups is 1. The molecule has 0 saturated heterocycles. The fraction of sp³-hybridized carbons (Fsp3) is 0.130. The smallest absolute Gasteiger partial charge is 0.225 e. The van der Waals surface area contributed by atoms with E-state index in [4.69, 9.17) is 5.73 Å². The van der Waals surface area contributed by atoms with Gasteiger partial charge in [-0.3, -0.25) is 4.79 Å². The van der Waals surface area contributed by atoms with Crippen molar-refractivity contribution < 1.29 is 9.18 Å². The SMILES string of the molecule is Cc1ccc(-c2c(C#N)c(N)nc(SCCC(=O)Nc3ccc(F)cc3)c2C#N)cc1. The lowest BCUT2D eigenvalue weighted by Gasteiger charge is -2.13. The molecule has 0 aliphatic carbocycles. The van der Waals surface area contributed by atoms with Crippen molar-refractivity contribution >= 4 is 29.2 Å². The summed E-state index contributed by atoms with van der Waals surface area (Å²) in [4.78, 5) is 16.4. The number of nitrogens with two attached hydrogens (primary N) is 1. The molecule has 3 aromatic rings. The van der Waals surface area contributed by atoms with E-state index in [1.165, 1.54) is 36.0 Å². The van der Waals surface area contributed by atoms with Crippen LogP contribution >= 0.6 is 11.8 Å². The fourth-order valence-electron chi connectivity index (χ4n) is 2.91. The number of aromatic nitrogens is 1. The van der Waals surface area contributed by atoms with Crippen LogP contribution in [0.1, 0.15) is 23.1 Å². The van der Waals surface area contributed by atoms with Gasteiger partial charge in [-0.25, -0.2) is 9.37 Å². The van der Waals surface area contributed by atoms with E-state index >= 15 is 0 Å². The molecule has 0 atom stereocenters. The number of nitrogens with zero attached hydrogens (tertiary/aromatic N) is 3. The minimum absolute atomic E-state index is 0.0374. The number of halogens is 1. The number of carbonyl (C=O) groups is 1. The average Bonchev–Trinajstić information content (AvgIpc) is 2.75. The number of nitrogen functional groups attached to an aromatic ring is 1. The molecule has 0 aliphatic heterocycles. The minimum Gasteiger partial charge on any atom is -0.383 e. The molecule has 31 heavy (non-hydrogen) atoms. The maximum absolute atomic E-state index is 13.0. The number of hydrogen-bond donors (Lipinski definition) is 2. The minimum atomic E-state index is -0.383. The molecule has 0 unspecified atom stereocenters. The van der Waals surface area contributed by atoms with E-state index in [0.29, 0.717) is 27.6 Å². The van der Waals surface area contributed by atoms with Gasteiger partial charge in [0, 0.05) is 23.4 Å². The molecule has 0 radical (unpaired) electrons. The molecular weight excluding hydrogens is 413 g/mol. The summed E-state index contributed by atoms with van der Waals surface area (Å²) in [6, 6.07) is 17.1. The number of nitriles is 2. The Kier molecular flexibility index (Phi) is 6.86. The van der Waals surface area contributed by atoms with Crippen LogP contribution in [-0.2, 0) is 4.79 Å². The van der Waals surface area contributed by atoms with Crippen LogP contribution in [0.2, 0.25) is 0 Å². The highest BCUT2D eigenvalue weighted by atomic mass is 32.2. The highest BCUT2D eigenvalue weighted by Crippen LogP contribution is 2.35. The van der Waals surface area contributed by atoms with Crippen LogP contribution in [0.3, 0.4) is 0 Å². The zero-order valence-corrected chi connectivity index (χ0v) is 17.5. The van der Waals surface area contributed by atoms with Crippen molar-refractivity contribution in [1.29, 1.82) is 10.5 Å². The Morgan fingerprint density at radius 1 is 1.10 bits per heavy atom. The predicted molar refractivity (Wildman–Crippen MR) is 119 cm³/mol. The number of amides is 1. The number of hydrogen-bond acceptors (Lipinski definition) is 6. The molecule has 6 nitrogen and oxygen atoms in total. The quantitative estimate of drug-likeness (QED) is 0.549. The van der Waals surface area contributed by atoms with Gasteiger partial charge in [-0.1, -0.05) is 29.8 Å². The van der Waals surface area contributed by atoms with Crippen LogP contribution in [0.15, 0.2) is 53.6 Å². The molecule has 2 aromatic carbocycles. The Labute approximate surface area is 183 Å². The third-order valence-corrected chi connectivity index (χ3v) is 5.43.